The first kappa shape index (κ1) is 12.2. The maximum absolute atomic E-state index is 13.2. The summed E-state index contributed by atoms with van der Waals surface area (Å²) in [5.74, 6) is -2.33. The molecule has 0 spiro atoms. The molecule has 0 aliphatic carbocycles. The van der Waals surface area contributed by atoms with Crippen LogP contribution in [0.1, 0.15) is 5.56 Å². The van der Waals surface area contributed by atoms with E-state index in [9.17, 15) is 13.6 Å². The average Bonchev–Trinajstić information content (AvgIpc) is 2.34. The molecule has 0 aliphatic rings. The molecule has 92 valence electrons. The van der Waals surface area contributed by atoms with Crippen LogP contribution in [0, 0.1) is 11.9 Å². The highest BCUT2D eigenvalue weighted by atomic mass is 19.1. The zero-order valence-electron chi connectivity index (χ0n) is 9.36. The van der Waals surface area contributed by atoms with Gasteiger partial charge in [0, 0.05) is 0 Å². The lowest BCUT2D eigenvalue weighted by Crippen LogP contribution is -2.15. The van der Waals surface area contributed by atoms with E-state index < -0.39 is 11.9 Å². The second kappa shape index (κ2) is 5.35. The number of nitrogens with zero attached hydrogens (tertiary/aromatic N) is 1. The fourth-order valence-electron chi connectivity index (χ4n) is 1.48. The molecule has 2 rings (SSSR count). The van der Waals surface area contributed by atoms with Crippen LogP contribution in [-0.4, -0.2) is 10.9 Å². The molecular weight excluding hydrogens is 238 g/mol. The fourth-order valence-corrected chi connectivity index (χ4v) is 1.48. The van der Waals surface area contributed by atoms with Crippen LogP contribution in [0.15, 0.2) is 42.5 Å². The van der Waals surface area contributed by atoms with Crippen molar-refractivity contribution in [1.82, 2.24) is 4.98 Å². The molecular formula is C13H10F2N2O. The molecule has 1 N–H and O–H groups in total. The molecule has 0 unspecified atom stereocenters. The van der Waals surface area contributed by atoms with Crippen LogP contribution in [0.3, 0.4) is 0 Å². The second-order valence-corrected chi connectivity index (χ2v) is 3.68. The lowest BCUT2D eigenvalue weighted by atomic mass is 10.1. The third-order valence-corrected chi connectivity index (χ3v) is 2.30. The van der Waals surface area contributed by atoms with Crippen molar-refractivity contribution in [2.75, 3.05) is 5.32 Å². The summed E-state index contributed by atoms with van der Waals surface area (Å²) in [7, 11) is 0. The Labute approximate surface area is 102 Å². The van der Waals surface area contributed by atoms with Crippen molar-refractivity contribution in [3.05, 3.63) is 59.9 Å². The van der Waals surface area contributed by atoms with Crippen LogP contribution in [-0.2, 0) is 11.2 Å². The van der Waals surface area contributed by atoms with Crippen LogP contribution >= 0.6 is 0 Å². The molecule has 2 aromatic rings. The summed E-state index contributed by atoms with van der Waals surface area (Å²) in [4.78, 5) is 14.6. The van der Waals surface area contributed by atoms with Crippen molar-refractivity contribution in [2.45, 2.75) is 6.42 Å². The van der Waals surface area contributed by atoms with E-state index in [2.05, 4.69) is 10.3 Å². The number of hydrogen-bond acceptors (Lipinski definition) is 2. The molecule has 18 heavy (non-hydrogen) atoms. The molecule has 1 aromatic carbocycles. The van der Waals surface area contributed by atoms with E-state index >= 15 is 0 Å². The molecule has 0 aliphatic heterocycles. The molecule has 0 saturated heterocycles. The number of aromatic nitrogens is 1. The van der Waals surface area contributed by atoms with Crippen molar-refractivity contribution < 1.29 is 13.6 Å². The van der Waals surface area contributed by atoms with Gasteiger partial charge in [-0.3, -0.25) is 4.79 Å². The van der Waals surface area contributed by atoms with Gasteiger partial charge in [-0.2, -0.15) is 13.8 Å². The number of benzene rings is 1. The summed E-state index contributed by atoms with van der Waals surface area (Å²) < 4.78 is 25.8. The van der Waals surface area contributed by atoms with Gasteiger partial charge in [-0.25, -0.2) is 0 Å². The Bertz CT molecular complexity index is 558. The van der Waals surface area contributed by atoms with Gasteiger partial charge in [-0.15, -0.1) is 0 Å². The van der Waals surface area contributed by atoms with Gasteiger partial charge in [0.25, 0.3) is 0 Å². The maximum Gasteiger partial charge on any atom is 0.239 e. The normalized spacial score (nSPS) is 10.1. The van der Waals surface area contributed by atoms with Gasteiger partial charge in [0.1, 0.15) is 0 Å². The first-order chi connectivity index (χ1) is 8.65. The molecule has 1 aromatic heterocycles. The Kier molecular flexibility index (Phi) is 3.62. The molecule has 5 heteroatoms. The molecule has 0 saturated carbocycles. The molecule has 3 nitrogen and oxygen atoms in total. The topological polar surface area (TPSA) is 42.0 Å². The summed E-state index contributed by atoms with van der Waals surface area (Å²) in [5.41, 5.74) is 0.683. The minimum Gasteiger partial charge on any atom is -0.322 e. The smallest absolute Gasteiger partial charge is 0.239 e. The lowest BCUT2D eigenvalue weighted by Gasteiger charge is -2.05. The van der Waals surface area contributed by atoms with E-state index in [1.165, 1.54) is 0 Å². The molecule has 0 radical (unpaired) electrons. The SMILES string of the molecule is O=C(Cc1ccccc1)Nc1ccc(F)nc1F. The third-order valence-electron chi connectivity index (χ3n) is 2.30. The average molecular weight is 248 g/mol. The number of hydrogen-bond donors (Lipinski definition) is 1. The van der Waals surface area contributed by atoms with E-state index in [4.69, 9.17) is 0 Å². The Morgan fingerprint density at radius 3 is 2.50 bits per heavy atom. The van der Waals surface area contributed by atoms with Crippen LogP contribution in [0.4, 0.5) is 14.5 Å². The molecule has 0 atom stereocenters. The van der Waals surface area contributed by atoms with Gasteiger partial charge in [-0.1, -0.05) is 30.3 Å². The molecule has 0 bridgehead atoms. The third kappa shape index (κ3) is 3.10. The first-order valence-electron chi connectivity index (χ1n) is 5.31. The van der Waals surface area contributed by atoms with Gasteiger partial charge in [0.05, 0.1) is 12.1 Å². The summed E-state index contributed by atoms with van der Waals surface area (Å²) in [5, 5.41) is 2.34. The van der Waals surface area contributed by atoms with Crippen molar-refractivity contribution in [3.8, 4) is 0 Å². The quantitative estimate of drug-likeness (QED) is 0.848. The van der Waals surface area contributed by atoms with Crippen molar-refractivity contribution in [3.63, 3.8) is 0 Å². The van der Waals surface area contributed by atoms with Gasteiger partial charge in [-0.05, 0) is 17.7 Å². The van der Waals surface area contributed by atoms with Gasteiger partial charge in [0.15, 0.2) is 0 Å². The van der Waals surface area contributed by atoms with Crippen molar-refractivity contribution >= 4 is 11.6 Å². The number of carbonyl (C=O) groups excluding carboxylic acids is 1. The molecule has 0 fully saturated rings. The van der Waals surface area contributed by atoms with Gasteiger partial charge < -0.3 is 5.32 Å². The fraction of sp³-hybridized carbons (Fsp3) is 0.0769. The highest BCUT2D eigenvalue weighted by Gasteiger charge is 2.09. The predicted molar refractivity (Wildman–Crippen MR) is 62.9 cm³/mol. The van der Waals surface area contributed by atoms with E-state index in [1.807, 2.05) is 18.2 Å². The molecule has 1 heterocycles. The Morgan fingerprint density at radius 1 is 1.11 bits per heavy atom. The van der Waals surface area contributed by atoms with Crippen LogP contribution < -0.4 is 5.32 Å². The Morgan fingerprint density at radius 2 is 1.83 bits per heavy atom. The second-order valence-electron chi connectivity index (χ2n) is 3.68. The summed E-state index contributed by atoms with van der Waals surface area (Å²) in [6, 6.07) is 11.2. The summed E-state index contributed by atoms with van der Waals surface area (Å²) >= 11 is 0. The van der Waals surface area contributed by atoms with Gasteiger partial charge in [0.2, 0.25) is 17.8 Å². The number of anilines is 1. The Balaban J connectivity index is 2.03. The number of halogens is 2. The summed E-state index contributed by atoms with van der Waals surface area (Å²) in [6.07, 6.45) is 0.123. The van der Waals surface area contributed by atoms with Crippen LogP contribution in [0.25, 0.3) is 0 Å². The largest absolute Gasteiger partial charge is 0.322 e. The van der Waals surface area contributed by atoms with Crippen molar-refractivity contribution in [1.29, 1.82) is 0 Å². The van der Waals surface area contributed by atoms with E-state index in [0.717, 1.165) is 17.7 Å². The van der Waals surface area contributed by atoms with E-state index in [-0.39, 0.29) is 18.0 Å². The van der Waals surface area contributed by atoms with Crippen LogP contribution in [0.5, 0.6) is 0 Å². The number of rotatable bonds is 3. The summed E-state index contributed by atoms with van der Waals surface area (Å²) in [6.45, 7) is 0. The minimum atomic E-state index is -1.03. The highest BCUT2D eigenvalue weighted by Crippen LogP contribution is 2.12. The van der Waals surface area contributed by atoms with Crippen molar-refractivity contribution in [2.24, 2.45) is 0 Å². The predicted octanol–water partition coefficient (Wildman–Crippen LogP) is 2.54. The zero-order chi connectivity index (χ0) is 13.0. The zero-order valence-corrected chi connectivity index (χ0v) is 9.36. The number of amides is 1. The lowest BCUT2D eigenvalue weighted by molar-refractivity contribution is -0.115. The number of pyridine rings is 1. The maximum atomic E-state index is 13.2. The molecule has 1 amide bonds. The number of nitrogens with one attached hydrogen (secondary N) is 1. The van der Waals surface area contributed by atoms with E-state index in [1.54, 1.807) is 12.1 Å². The van der Waals surface area contributed by atoms with Gasteiger partial charge >= 0.3 is 0 Å². The van der Waals surface area contributed by atoms with Crippen LogP contribution in [0.2, 0.25) is 0 Å². The highest BCUT2D eigenvalue weighted by molar-refractivity contribution is 5.92. The first-order valence-corrected chi connectivity index (χ1v) is 5.31. The number of carbonyl (C=O) groups is 1. The Hall–Kier alpha value is -2.30. The van der Waals surface area contributed by atoms with E-state index in [0.29, 0.717) is 0 Å². The monoisotopic (exact) mass is 248 g/mol. The standard InChI is InChI=1S/C13H10F2N2O/c14-11-7-6-10(13(15)17-11)16-12(18)8-9-4-2-1-3-5-9/h1-7H,8H2,(H,16,18). The minimum absolute atomic E-state index is 0.123.